The van der Waals surface area contributed by atoms with Crippen molar-refractivity contribution in [2.24, 2.45) is 0 Å². The maximum atomic E-state index is 10.9. The summed E-state index contributed by atoms with van der Waals surface area (Å²) >= 11 is 0. The van der Waals surface area contributed by atoms with Crippen LogP contribution in [0.4, 0.5) is 0 Å². The third-order valence-corrected chi connectivity index (χ3v) is 2.47. The van der Waals surface area contributed by atoms with Crippen LogP contribution < -0.4 is 0 Å². The largest absolute Gasteiger partial charge is 0.477 e. The van der Waals surface area contributed by atoms with Crippen molar-refractivity contribution in [2.45, 2.75) is 12.6 Å². The first-order valence-corrected chi connectivity index (χ1v) is 5.16. The highest BCUT2D eigenvalue weighted by Crippen LogP contribution is 2.15. The lowest BCUT2D eigenvalue weighted by atomic mass is 10.1. The predicted octanol–water partition coefficient (Wildman–Crippen LogP) is 1.31. The second-order valence-electron chi connectivity index (χ2n) is 3.63. The standard InChI is InChI=1S/C12H12N2O3/c15-11(9-4-2-1-3-5-9)8-14-10(12(16)17)6-7-13-14/h1-7,11,15H,8H2,(H,16,17). The van der Waals surface area contributed by atoms with Crippen LogP contribution in [0.5, 0.6) is 0 Å². The van der Waals surface area contributed by atoms with Crippen molar-refractivity contribution >= 4 is 5.97 Å². The number of rotatable bonds is 4. The molecule has 0 bridgehead atoms. The van der Waals surface area contributed by atoms with Crippen LogP contribution in [0.15, 0.2) is 42.6 Å². The summed E-state index contributed by atoms with van der Waals surface area (Å²) in [6.45, 7) is 0.124. The van der Waals surface area contributed by atoms with Gasteiger partial charge in [-0.15, -0.1) is 0 Å². The number of aliphatic hydroxyl groups excluding tert-OH is 1. The van der Waals surface area contributed by atoms with Gasteiger partial charge in [-0.2, -0.15) is 5.10 Å². The van der Waals surface area contributed by atoms with Gasteiger partial charge in [0.2, 0.25) is 0 Å². The lowest BCUT2D eigenvalue weighted by Gasteiger charge is -2.12. The van der Waals surface area contributed by atoms with Crippen LogP contribution in [0.2, 0.25) is 0 Å². The van der Waals surface area contributed by atoms with E-state index in [1.165, 1.54) is 16.9 Å². The van der Waals surface area contributed by atoms with E-state index in [2.05, 4.69) is 5.10 Å². The Morgan fingerprint density at radius 1 is 1.29 bits per heavy atom. The molecule has 1 unspecified atom stereocenters. The molecule has 2 N–H and O–H groups in total. The topological polar surface area (TPSA) is 75.3 Å². The molecule has 0 aliphatic rings. The second kappa shape index (κ2) is 4.80. The number of benzene rings is 1. The maximum absolute atomic E-state index is 10.9. The molecule has 0 saturated carbocycles. The Morgan fingerprint density at radius 2 is 2.00 bits per heavy atom. The highest BCUT2D eigenvalue weighted by Gasteiger charge is 2.14. The van der Waals surface area contributed by atoms with E-state index >= 15 is 0 Å². The molecule has 2 rings (SSSR count). The summed E-state index contributed by atoms with van der Waals surface area (Å²) in [5.41, 5.74) is 0.805. The number of aromatic carboxylic acids is 1. The summed E-state index contributed by atoms with van der Waals surface area (Å²) < 4.78 is 1.28. The van der Waals surface area contributed by atoms with E-state index in [9.17, 15) is 9.90 Å². The normalized spacial score (nSPS) is 12.3. The monoisotopic (exact) mass is 232 g/mol. The third kappa shape index (κ3) is 2.51. The van der Waals surface area contributed by atoms with E-state index in [1.807, 2.05) is 18.2 Å². The van der Waals surface area contributed by atoms with Crippen molar-refractivity contribution in [2.75, 3.05) is 0 Å². The van der Waals surface area contributed by atoms with E-state index < -0.39 is 12.1 Å². The van der Waals surface area contributed by atoms with Gasteiger partial charge < -0.3 is 10.2 Å². The first-order valence-electron chi connectivity index (χ1n) is 5.16. The van der Waals surface area contributed by atoms with Crippen LogP contribution in [0, 0.1) is 0 Å². The minimum Gasteiger partial charge on any atom is -0.477 e. The molecule has 0 amide bonds. The molecule has 1 aromatic carbocycles. The number of aromatic nitrogens is 2. The minimum atomic E-state index is -1.05. The van der Waals surface area contributed by atoms with Crippen LogP contribution in [-0.2, 0) is 6.54 Å². The Morgan fingerprint density at radius 3 is 2.65 bits per heavy atom. The Balaban J connectivity index is 2.16. The molecular weight excluding hydrogens is 220 g/mol. The number of carbonyl (C=O) groups is 1. The van der Waals surface area contributed by atoms with E-state index in [0.717, 1.165) is 5.56 Å². The summed E-state index contributed by atoms with van der Waals surface area (Å²) in [6, 6.07) is 10.5. The van der Waals surface area contributed by atoms with Crippen LogP contribution in [0.3, 0.4) is 0 Å². The molecule has 2 aromatic rings. The fraction of sp³-hybridized carbons (Fsp3) is 0.167. The summed E-state index contributed by atoms with van der Waals surface area (Å²) in [6.07, 6.45) is 0.635. The predicted molar refractivity (Wildman–Crippen MR) is 60.6 cm³/mol. The van der Waals surface area contributed by atoms with E-state index in [1.54, 1.807) is 12.1 Å². The van der Waals surface area contributed by atoms with Gasteiger partial charge in [0.1, 0.15) is 5.69 Å². The molecule has 17 heavy (non-hydrogen) atoms. The van der Waals surface area contributed by atoms with Crippen LogP contribution in [0.1, 0.15) is 22.2 Å². The Kier molecular flexibility index (Phi) is 3.20. The van der Waals surface area contributed by atoms with Gasteiger partial charge >= 0.3 is 5.97 Å². The average molecular weight is 232 g/mol. The molecule has 1 aromatic heterocycles. The number of hydrogen-bond acceptors (Lipinski definition) is 3. The Labute approximate surface area is 97.9 Å². The van der Waals surface area contributed by atoms with Crippen molar-refractivity contribution in [3.05, 3.63) is 53.9 Å². The van der Waals surface area contributed by atoms with Gasteiger partial charge in [0, 0.05) is 6.20 Å². The van der Waals surface area contributed by atoms with Crippen LogP contribution in [-0.4, -0.2) is 26.0 Å². The van der Waals surface area contributed by atoms with Crippen molar-refractivity contribution < 1.29 is 15.0 Å². The molecule has 1 atom stereocenters. The maximum Gasteiger partial charge on any atom is 0.354 e. The van der Waals surface area contributed by atoms with E-state index in [4.69, 9.17) is 5.11 Å². The van der Waals surface area contributed by atoms with Crippen molar-refractivity contribution in [1.82, 2.24) is 9.78 Å². The lowest BCUT2D eigenvalue weighted by molar-refractivity contribution is 0.0676. The average Bonchev–Trinajstić information content (AvgIpc) is 2.78. The molecule has 0 saturated heterocycles. The number of carboxylic acid groups (broad SMARTS) is 1. The highest BCUT2D eigenvalue weighted by atomic mass is 16.4. The van der Waals surface area contributed by atoms with Gasteiger partial charge in [-0.1, -0.05) is 30.3 Å². The van der Waals surface area contributed by atoms with Gasteiger partial charge in [-0.25, -0.2) is 4.79 Å². The zero-order valence-electron chi connectivity index (χ0n) is 9.02. The molecule has 5 heteroatoms. The highest BCUT2D eigenvalue weighted by molar-refractivity contribution is 5.85. The second-order valence-corrected chi connectivity index (χ2v) is 3.63. The van der Waals surface area contributed by atoms with Gasteiger partial charge in [-0.3, -0.25) is 4.68 Å². The van der Waals surface area contributed by atoms with Crippen molar-refractivity contribution in [3.63, 3.8) is 0 Å². The first kappa shape index (κ1) is 11.3. The van der Waals surface area contributed by atoms with Crippen molar-refractivity contribution in [1.29, 1.82) is 0 Å². The van der Waals surface area contributed by atoms with Gasteiger partial charge in [0.25, 0.3) is 0 Å². The van der Waals surface area contributed by atoms with Crippen molar-refractivity contribution in [3.8, 4) is 0 Å². The number of hydrogen-bond donors (Lipinski definition) is 2. The molecule has 0 aliphatic heterocycles. The summed E-state index contributed by atoms with van der Waals surface area (Å²) in [5, 5.41) is 22.7. The fourth-order valence-corrected chi connectivity index (χ4v) is 1.60. The lowest BCUT2D eigenvalue weighted by Crippen LogP contribution is -2.15. The molecule has 0 fully saturated rings. The van der Waals surface area contributed by atoms with Gasteiger partial charge in [0.05, 0.1) is 12.6 Å². The molecule has 0 radical (unpaired) electrons. The van der Waals surface area contributed by atoms with E-state index in [0.29, 0.717) is 0 Å². The smallest absolute Gasteiger partial charge is 0.354 e. The van der Waals surface area contributed by atoms with Gasteiger partial charge in [-0.05, 0) is 11.6 Å². The Bertz CT molecular complexity index is 507. The molecule has 0 aliphatic carbocycles. The quantitative estimate of drug-likeness (QED) is 0.833. The first-order chi connectivity index (χ1) is 8.18. The van der Waals surface area contributed by atoms with Crippen LogP contribution >= 0.6 is 0 Å². The molecule has 5 nitrogen and oxygen atoms in total. The minimum absolute atomic E-state index is 0.0694. The summed E-state index contributed by atoms with van der Waals surface area (Å²) in [7, 11) is 0. The molecular formula is C12H12N2O3. The fourth-order valence-electron chi connectivity index (χ4n) is 1.60. The SMILES string of the molecule is O=C(O)c1ccnn1CC(O)c1ccccc1. The summed E-state index contributed by atoms with van der Waals surface area (Å²) in [5.74, 6) is -1.05. The molecule has 88 valence electrons. The third-order valence-electron chi connectivity index (χ3n) is 2.47. The van der Waals surface area contributed by atoms with E-state index in [-0.39, 0.29) is 12.2 Å². The number of carboxylic acids is 1. The summed E-state index contributed by atoms with van der Waals surface area (Å²) in [4.78, 5) is 10.9. The molecule has 1 heterocycles. The van der Waals surface area contributed by atoms with Gasteiger partial charge in [0.15, 0.2) is 0 Å². The number of nitrogens with zero attached hydrogens (tertiary/aromatic N) is 2. The zero-order valence-corrected chi connectivity index (χ0v) is 9.02. The zero-order chi connectivity index (χ0) is 12.3. The number of aliphatic hydroxyl groups is 1. The Hall–Kier alpha value is -2.14. The molecule has 0 spiro atoms. The van der Waals surface area contributed by atoms with Crippen LogP contribution in [0.25, 0.3) is 0 Å².